The first-order chi connectivity index (χ1) is 6.00. The summed E-state index contributed by atoms with van der Waals surface area (Å²) in [4.78, 5) is 0. The van der Waals surface area contributed by atoms with Crippen LogP contribution in [0.4, 0.5) is 0 Å². The first-order valence-electron chi connectivity index (χ1n) is 5.15. The fourth-order valence-corrected chi connectivity index (χ4v) is 3.42. The molecule has 0 saturated carbocycles. The smallest absolute Gasteiger partial charge is 0 e. The molecule has 0 nitrogen and oxygen atoms in total. The maximum absolute atomic E-state index is 2.09. The van der Waals surface area contributed by atoms with Gasteiger partial charge in [0.05, 0.1) is 0 Å². The Hall–Kier alpha value is 1.22. The molecule has 2 saturated heterocycles. The first kappa shape index (κ1) is 14.2. The summed E-state index contributed by atoms with van der Waals surface area (Å²) in [5.41, 5.74) is 0. The van der Waals surface area contributed by atoms with E-state index in [0.717, 1.165) is 0 Å². The van der Waals surface area contributed by atoms with E-state index in [0.29, 0.717) is 0 Å². The Morgan fingerprint density at radius 2 is 0.769 bits per heavy atom. The summed E-state index contributed by atoms with van der Waals surface area (Å²) < 4.78 is 0. The Kier molecular flexibility index (Phi) is 12.4. The van der Waals surface area contributed by atoms with Crippen molar-refractivity contribution in [2.24, 2.45) is 0 Å². The van der Waals surface area contributed by atoms with Crippen molar-refractivity contribution in [3.05, 3.63) is 0 Å². The first-order valence-corrected chi connectivity index (χ1v) is 7.46. The summed E-state index contributed by atoms with van der Waals surface area (Å²) in [6, 6.07) is 0. The van der Waals surface area contributed by atoms with E-state index in [-0.39, 0.29) is 17.1 Å². The molecule has 0 unspecified atom stereocenters. The van der Waals surface area contributed by atoms with Crippen LogP contribution in [0.2, 0.25) is 0 Å². The second-order valence-electron chi connectivity index (χ2n) is 3.35. The van der Waals surface area contributed by atoms with Crippen LogP contribution >= 0.6 is 23.5 Å². The van der Waals surface area contributed by atoms with E-state index in [9.17, 15) is 0 Å². The van der Waals surface area contributed by atoms with Crippen molar-refractivity contribution >= 4 is 23.5 Å². The van der Waals surface area contributed by atoms with Crippen molar-refractivity contribution in [3.63, 3.8) is 0 Å². The van der Waals surface area contributed by atoms with Gasteiger partial charge in [0.1, 0.15) is 0 Å². The third-order valence-corrected chi connectivity index (χ3v) is 4.46. The van der Waals surface area contributed by atoms with Gasteiger partial charge in [0.15, 0.2) is 0 Å². The van der Waals surface area contributed by atoms with Gasteiger partial charge in [0.25, 0.3) is 0 Å². The molecule has 0 bridgehead atoms. The van der Waals surface area contributed by atoms with Crippen LogP contribution in [0.25, 0.3) is 0 Å². The average Bonchev–Trinajstić information content (AvgIpc) is 2.24. The van der Waals surface area contributed by atoms with Gasteiger partial charge in [-0.05, 0) is 48.7 Å². The molecule has 2 aliphatic heterocycles. The van der Waals surface area contributed by atoms with Crippen LogP contribution in [0.3, 0.4) is 0 Å². The number of rotatable bonds is 0. The Labute approximate surface area is 102 Å². The molecule has 2 fully saturated rings. The van der Waals surface area contributed by atoms with E-state index in [1.165, 1.54) is 61.5 Å². The Balaban J connectivity index is 0.000000206. The summed E-state index contributed by atoms with van der Waals surface area (Å²) in [6.07, 6.45) is 8.81. The average molecular weight is 268 g/mol. The quantitative estimate of drug-likeness (QED) is 0.613. The summed E-state index contributed by atoms with van der Waals surface area (Å²) in [5.74, 6) is 5.67. The molecule has 2 rings (SSSR count). The Bertz CT molecular complexity index is 55.9. The van der Waals surface area contributed by atoms with Crippen LogP contribution in [-0.4, -0.2) is 23.0 Å². The van der Waals surface area contributed by atoms with Crippen molar-refractivity contribution in [2.45, 2.75) is 38.5 Å². The van der Waals surface area contributed by atoms with E-state index >= 15 is 0 Å². The molecule has 0 spiro atoms. The van der Waals surface area contributed by atoms with Gasteiger partial charge in [-0.2, -0.15) is 23.5 Å². The zero-order valence-electron chi connectivity index (χ0n) is 8.19. The fourth-order valence-electron chi connectivity index (χ4n) is 1.37. The number of hydrogen-bond acceptors (Lipinski definition) is 2. The van der Waals surface area contributed by atoms with Gasteiger partial charge in [0.2, 0.25) is 0 Å². The normalized spacial score (nSPS) is 22.2. The molecule has 0 aliphatic carbocycles. The number of hydrogen-bond donors (Lipinski definition) is 0. The second kappa shape index (κ2) is 11.3. The molecule has 0 aromatic rings. The molecule has 2 aliphatic rings. The third-order valence-electron chi connectivity index (χ3n) is 2.15. The molecule has 1 radical (unpaired) electrons. The minimum Gasteiger partial charge on any atom is -0.162 e. The van der Waals surface area contributed by atoms with Gasteiger partial charge in [-0.15, -0.1) is 0 Å². The van der Waals surface area contributed by atoms with Gasteiger partial charge >= 0.3 is 0 Å². The van der Waals surface area contributed by atoms with Crippen LogP contribution in [0.5, 0.6) is 0 Å². The molecule has 0 aromatic heterocycles. The van der Waals surface area contributed by atoms with Crippen LogP contribution in [0.1, 0.15) is 38.5 Å². The Morgan fingerprint density at radius 3 is 0.846 bits per heavy atom. The van der Waals surface area contributed by atoms with Crippen LogP contribution in [0.15, 0.2) is 0 Å². The summed E-state index contributed by atoms with van der Waals surface area (Å²) in [7, 11) is 0. The Morgan fingerprint density at radius 1 is 0.462 bits per heavy atom. The fraction of sp³-hybridized carbons (Fsp3) is 1.00. The molecular weight excluding hydrogens is 248 g/mol. The molecular formula is C10H20CuS2. The monoisotopic (exact) mass is 267 g/mol. The maximum Gasteiger partial charge on any atom is 0 e. The van der Waals surface area contributed by atoms with Crippen LogP contribution in [0, 0.1) is 0 Å². The topological polar surface area (TPSA) is 0 Å². The standard InChI is InChI=1S/2C5H10S.Cu/c2*1-2-4-6-5-3-1;/h2*1-5H2;. The molecule has 0 atom stereocenters. The summed E-state index contributed by atoms with van der Waals surface area (Å²) >= 11 is 4.19. The predicted octanol–water partition coefficient (Wildman–Crippen LogP) is 3.80. The maximum atomic E-state index is 2.09. The van der Waals surface area contributed by atoms with Crippen molar-refractivity contribution in [1.29, 1.82) is 0 Å². The van der Waals surface area contributed by atoms with E-state index in [1.54, 1.807) is 0 Å². The summed E-state index contributed by atoms with van der Waals surface area (Å²) in [6.45, 7) is 0. The minimum atomic E-state index is 0. The van der Waals surface area contributed by atoms with Gasteiger partial charge in [-0.25, -0.2) is 0 Å². The minimum absolute atomic E-state index is 0. The number of thioether (sulfide) groups is 2. The van der Waals surface area contributed by atoms with E-state index in [4.69, 9.17) is 0 Å². The molecule has 0 aromatic carbocycles. The molecule has 3 heteroatoms. The largest absolute Gasteiger partial charge is 0.162 e. The van der Waals surface area contributed by atoms with Gasteiger partial charge in [-0.3, -0.25) is 0 Å². The van der Waals surface area contributed by atoms with Crippen molar-refractivity contribution in [1.82, 2.24) is 0 Å². The molecule has 83 valence electrons. The SMILES string of the molecule is C1CCSCC1.C1CCSCC1.[Cu]. The van der Waals surface area contributed by atoms with E-state index in [2.05, 4.69) is 23.5 Å². The molecule has 0 amide bonds. The van der Waals surface area contributed by atoms with E-state index < -0.39 is 0 Å². The zero-order chi connectivity index (χ0) is 8.49. The summed E-state index contributed by atoms with van der Waals surface area (Å²) in [5, 5.41) is 0. The van der Waals surface area contributed by atoms with Crippen LogP contribution in [-0.2, 0) is 17.1 Å². The zero-order valence-corrected chi connectivity index (χ0v) is 10.8. The third kappa shape index (κ3) is 9.52. The second-order valence-corrected chi connectivity index (χ2v) is 5.80. The molecule has 0 N–H and O–H groups in total. The van der Waals surface area contributed by atoms with Gasteiger partial charge < -0.3 is 0 Å². The van der Waals surface area contributed by atoms with Crippen molar-refractivity contribution < 1.29 is 17.1 Å². The van der Waals surface area contributed by atoms with Crippen molar-refractivity contribution in [2.75, 3.05) is 23.0 Å². The van der Waals surface area contributed by atoms with Crippen molar-refractivity contribution in [3.8, 4) is 0 Å². The van der Waals surface area contributed by atoms with Gasteiger partial charge in [0, 0.05) is 17.1 Å². The van der Waals surface area contributed by atoms with Gasteiger partial charge in [-0.1, -0.05) is 12.8 Å². The van der Waals surface area contributed by atoms with E-state index in [1.807, 2.05) is 0 Å². The molecule has 13 heavy (non-hydrogen) atoms. The predicted molar refractivity (Wildman–Crippen MR) is 62.4 cm³/mol. The molecule has 2 heterocycles. The van der Waals surface area contributed by atoms with Crippen LogP contribution < -0.4 is 0 Å².